The van der Waals surface area contributed by atoms with Crippen LogP contribution in [0.2, 0.25) is 0 Å². The van der Waals surface area contributed by atoms with Gasteiger partial charge in [0.15, 0.2) is 0 Å². The zero-order valence-electron chi connectivity index (χ0n) is 12.2. The Bertz CT molecular complexity index is 167. The highest BCUT2D eigenvalue weighted by Gasteiger charge is 2.29. The van der Waals surface area contributed by atoms with Gasteiger partial charge in [-0.3, -0.25) is 0 Å². The summed E-state index contributed by atoms with van der Waals surface area (Å²) in [6, 6.07) is 0. The highest BCUT2D eigenvalue weighted by atomic mass is 14.9. The van der Waals surface area contributed by atoms with Crippen LogP contribution in [0.1, 0.15) is 25.7 Å². The van der Waals surface area contributed by atoms with E-state index in [0.29, 0.717) is 0 Å². The molecule has 2 atom stereocenters. The van der Waals surface area contributed by atoms with E-state index < -0.39 is 0 Å². The Morgan fingerprint density at radius 1 is 0.722 bits per heavy atom. The van der Waals surface area contributed by atoms with Crippen LogP contribution in [-0.4, -0.2) is 53.4 Å². The first kappa shape index (κ1) is 15.9. The molecule has 0 unspecified atom stereocenters. The van der Waals surface area contributed by atoms with E-state index in [0.717, 1.165) is 38.0 Å². The molecule has 18 heavy (non-hydrogen) atoms. The fourth-order valence-corrected chi connectivity index (χ4v) is 2.53. The van der Waals surface area contributed by atoms with Crippen molar-refractivity contribution in [1.29, 1.82) is 0 Å². The zero-order chi connectivity index (χ0) is 13.1. The predicted molar refractivity (Wildman–Crippen MR) is 79.0 cm³/mol. The number of rotatable bonds is 12. The van der Waals surface area contributed by atoms with Crippen LogP contribution >= 0.6 is 0 Å². The molecule has 1 aliphatic carbocycles. The molecule has 0 bridgehead atoms. The molecule has 4 nitrogen and oxygen atoms in total. The normalized spacial score (nSPS) is 23.0. The van der Waals surface area contributed by atoms with Gasteiger partial charge in [0, 0.05) is 0 Å². The first-order valence-electron chi connectivity index (χ1n) is 7.59. The maximum Gasteiger partial charge on any atom is -0.00174 e. The molecule has 0 aromatic rings. The molecule has 1 saturated carbocycles. The summed E-state index contributed by atoms with van der Waals surface area (Å²) in [4.78, 5) is 0. The van der Waals surface area contributed by atoms with Crippen molar-refractivity contribution >= 4 is 0 Å². The van der Waals surface area contributed by atoms with Gasteiger partial charge in [-0.1, -0.05) is 0 Å². The molecule has 4 N–H and O–H groups in total. The van der Waals surface area contributed by atoms with Crippen LogP contribution in [-0.2, 0) is 0 Å². The highest BCUT2D eigenvalue weighted by molar-refractivity contribution is 4.83. The average Bonchev–Trinajstić information content (AvgIpc) is 2.36. The highest BCUT2D eigenvalue weighted by Crippen LogP contribution is 2.32. The van der Waals surface area contributed by atoms with Crippen molar-refractivity contribution in [2.75, 3.05) is 53.4 Å². The van der Waals surface area contributed by atoms with E-state index >= 15 is 0 Å². The van der Waals surface area contributed by atoms with Crippen LogP contribution in [0.5, 0.6) is 0 Å². The second-order valence-electron chi connectivity index (χ2n) is 5.42. The standard InChI is InChI=1S/C14H32N4/c1-15-7-3-9-17-11-13-5-6-14(13)12-18-10-4-8-16-2/h13-18H,3-12H2,1-2H3/t13-,14+. The Morgan fingerprint density at radius 3 is 1.50 bits per heavy atom. The van der Waals surface area contributed by atoms with Gasteiger partial charge in [-0.15, -0.1) is 0 Å². The summed E-state index contributed by atoms with van der Waals surface area (Å²) in [6.07, 6.45) is 5.30. The second-order valence-corrected chi connectivity index (χ2v) is 5.42. The predicted octanol–water partition coefficient (Wildman–Crippen LogP) is 0.411. The lowest BCUT2D eigenvalue weighted by Crippen LogP contribution is -2.41. The number of hydrogen-bond donors (Lipinski definition) is 4. The largest absolute Gasteiger partial charge is 0.320 e. The van der Waals surface area contributed by atoms with Crippen LogP contribution in [0, 0.1) is 11.8 Å². The first-order chi connectivity index (χ1) is 8.88. The molecule has 0 aliphatic heterocycles. The third kappa shape index (κ3) is 6.69. The van der Waals surface area contributed by atoms with E-state index in [1.807, 2.05) is 14.1 Å². The van der Waals surface area contributed by atoms with E-state index in [4.69, 9.17) is 0 Å². The fourth-order valence-electron chi connectivity index (χ4n) is 2.53. The lowest BCUT2D eigenvalue weighted by Gasteiger charge is -2.37. The molecule has 1 aliphatic rings. The SMILES string of the molecule is CNCCCNC[C@H]1CC[C@H]1CNCCCNC. The van der Waals surface area contributed by atoms with Gasteiger partial charge >= 0.3 is 0 Å². The molecule has 4 heteroatoms. The maximum atomic E-state index is 3.59. The molecule has 0 aromatic heterocycles. The van der Waals surface area contributed by atoms with Gasteiger partial charge in [0.25, 0.3) is 0 Å². The molecule has 1 fully saturated rings. The van der Waals surface area contributed by atoms with E-state index in [1.165, 1.54) is 38.8 Å². The second kappa shape index (κ2) is 10.7. The van der Waals surface area contributed by atoms with Gasteiger partial charge in [0.2, 0.25) is 0 Å². The quantitative estimate of drug-likeness (QED) is 0.382. The minimum absolute atomic E-state index is 0.913. The van der Waals surface area contributed by atoms with Crippen LogP contribution in [0.25, 0.3) is 0 Å². The van der Waals surface area contributed by atoms with Gasteiger partial charge < -0.3 is 21.3 Å². The summed E-state index contributed by atoms with van der Waals surface area (Å²) >= 11 is 0. The van der Waals surface area contributed by atoms with Crippen LogP contribution in [0.4, 0.5) is 0 Å². The summed E-state index contributed by atoms with van der Waals surface area (Å²) in [6.45, 7) is 6.97. The topological polar surface area (TPSA) is 48.1 Å². The Kier molecular flexibility index (Phi) is 9.48. The lowest BCUT2D eigenvalue weighted by atomic mass is 9.73. The van der Waals surface area contributed by atoms with Gasteiger partial charge in [-0.2, -0.15) is 0 Å². The van der Waals surface area contributed by atoms with E-state index in [1.54, 1.807) is 0 Å². The van der Waals surface area contributed by atoms with Gasteiger partial charge in [0.1, 0.15) is 0 Å². The molecule has 0 heterocycles. The third-order valence-electron chi connectivity index (χ3n) is 3.95. The van der Waals surface area contributed by atoms with Crippen LogP contribution in [0.15, 0.2) is 0 Å². The fraction of sp³-hybridized carbons (Fsp3) is 1.00. The van der Waals surface area contributed by atoms with E-state index in [2.05, 4.69) is 21.3 Å². The molecule has 0 aromatic carbocycles. The molecule has 0 radical (unpaired) electrons. The number of hydrogen-bond acceptors (Lipinski definition) is 4. The molecular weight excluding hydrogens is 224 g/mol. The summed E-state index contributed by atoms with van der Waals surface area (Å²) < 4.78 is 0. The van der Waals surface area contributed by atoms with E-state index in [9.17, 15) is 0 Å². The van der Waals surface area contributed by atoms with Crippen molar-refractivity contribution in [1.82, 2.24) is 21.3 Å². The molecule has 108 valence electrons. The minimum Gasteiger partial charge on any atom is -0.320 e. The molecule has 0 spiro atoms. The van der Waals surface area contributed by atoms with Crippen LogP contribution in [0.3, 0.4) is 0 Å². The zero-order valence-corrected chi connectivity index (χ0v) is 12.2. The van der Waals surface area contributed by atoms with E-state index in [-0.39, 0.29) is 0 Å². The summed E-state index contributed by atoms with van der Waals surface area (Å²) in [5.74, 6) is 1.83. The Hall–Kier alpha value is -0.160. The number of nitrogens with one attached hydrogen (secondary N) is 4. The summed E-state index contributed by atoms with van der Waals surface area (Å²) in [5.41, 5.74) is 0. The Labute approximate surface area is 113 Å². The van der Waals surface area contributed by atoms with Crippen molar-refractivity contribution in [2.24, 2.45) is 11.8 Å². The van der Waals surface area contributed by atoms with Gasteiger partial charge in [-0.05, 0) is 90.9 Å². The van der Waals surface area contributed by atoms with Gasteiger partial charge in [-0.25, -0.2) is 0 Å². The summed E-state index contributed by atoms with van der Waals surface area (Å²) in [7, 11) is 4.03. The van der Waals surface area contributed by atoms with Crippen molar-refractivity contribution in [3.8, 4) is 0 Å². The molecule has 0 saturated heterocycles. The monoisotopic (exact) mass is 256 g/mol. The van der Waals surface area contributed by atoms with Crippen molar-refractivity contribution < 1.29 is 0 Å². The minimum atomic E-state index is 0.913. The Balaban J connectivity index is 1.89. The van der Waals surface area contributed by atoms with Crippen molar-refractivity contribution in [3.63, 3.8) is 0 Å². The summed E-state index contributed by atoms with van der Waals surface area (Å²) in [5, 5.41) is 13.5. The average molecular weight is 256 g/mol. The third-order valence-corrected chi connectivity index (χ3v) is 3.95. The maximum absolute atomic E-state index is 3.59. The van der Waals surface area contributed by atoms with Crippen LogP contribution < -0.4 is 21.3 Å². The first-order valence-corrected chi connectivity index (χ1v) is 7.59. The van der Waals surface area contributed by atoms with Crippen molar-refractivity contribution in [3.05, 3.63) is 0 Å². The lowest BCUT2D eigenvalue weighted by molar-refractivity contribution is 0.167. The Morgan fingerprint density at radius 2 is 1.17 bits per heavy atom. The molecule has 1 rings (SSSR count). The molecule has 0 amide bonds. The smallest absolute Gasteiger partial charge is 0.00174 e. The van der Waals surface area contributed by atoms with Crippen molar-refractivity contribution in [2.45, 2.75) is 25.7 Å². The molecular formula is C14H32N4. The van der Waals surface area contributed by atoms with Gasteiger partial charge in [0.05, 0.1) is 0 Å².